The van der Waals surface area contributed by atoms with Gasteiger partial charge in [0.05, 0.1) is 4.88 Å². The Morgan fingerprint density at radius 2 is 2.16 bits per heavy atom. The maximum absolute atomic E-state index is 12.0. The Kier molecular flexibility index (Phi) is 4.93. The van der Waals surface area contributed by atoms with Gasteiger partial charge in [0, 0.05) is 10.0 Å². The topological polar surface area (TPSA) is 26.3 Å². The van der Waals surface area contributed by atoms with Gasteiger partial charge in [0.15, 0.2) is 6.61 Å². The fraction of sp³-hybridized carbons (Fsp3) is 0.133. The van der Waals surface area contributed by atoms with Crippen LogP contribution in [0.5, 0.6) is 5.75 Å². The number of para-hydroxylation sites is 1. The first-order chi connectivity index (χ1) is 9.22. The highest BCUT2D eigenvalue weighted by Crippen LogP contribution is 2.24. The number of hydrogen-bond acceptors (Lipinski definition) is 3. The van der Waals surface area contributed by atoms with Crippen LogP contribution in [0, 0.1) is 0 Å². The van der Waals surface area contributed by atoms with E-state index in [1.807, 2.05) is 54.8 Å². The number of hydrogen-bond donors (Lipinski definition) is 0. The molecule has 1 aromatic carbocycles. The molecule has 98 valence electrons. The number of carbonyl (C=O) groups is 1. The standard InChI is InChI=1S/C15H13BrO2S/c1-2-5-11-6-3-4-7-14(11)18-10-13(17)15-12(16)8-9-19-15/h2-9H,10H2,1H3. The zero-order chi connectivity index (χ0) is 13.7. The van der Waals surface area contributed by atoms with Crippen LogP contribution in [0.4, 0.5) is 0 Å². The van der Waals surface area contributed by atoms with E-state index in [0.29, 0.717) is 4.88 Å². The molecular weight excluding hydrogens is 324 g/mol. The molecule has 0 saturated carbocycles. The highest BCUT2D eigenvalue weighted by atomic mass is 79.9. The van der Waals surface area contributed by atoms with Crippen molar-refractivity contribution in [1.29, 1.82) is 0 Å². The lowest BCUT2D eigenvalue weighted by atomic mass is 10.2. The van der Waals surface area contributed by atoms with Crippen LogP contribution in [0.1, 0.15) is 22.2 Å². The lowest BCUT2D eigenvalue weighted by Gasteiger charge is -2.08. The van der Waals surface area contributed by atoms with E-state index in [-0.39, 0.29) is 12.4 Å². The van der Waals surface area contributed by atoms with Crippen molar-refractivity contribution in [2.24, 2.45) is 0 Å². The summed E-state index contributed by atoms with van der Waals surface area (Å²) in [6, 6.07) is 9.53. The molecule has 1 heterocycles. The van der Waals surface area contributed by atoms with Crippen LogP contribution in [0.15, 0.2) is 46.3 Å². The van der Waals surface area contributed by atoms with Gasteiger partial charge in [-0.2, -0.15) is 0 Å². The molecule has 0 aliphatic carbocycles. The van der Waals surface area contributed by atoms with Gasteiger partial charge in [-0.15, -0.1) is 11.3 Å². The second-order valence-electron chi connectivity index (χ2n) is 3.85. The molecule has 0 atom stereocenters. The molecule has 0 radical (unpaired) electrons. The van der Waals surface area contributed by atoms with Gasteiger partial charge < -0.3 is 4.74 Å². The molecule has 2 nitrogen and oxygen atoms in total. The van der Waals surface area contributed by atoms with Gasteiger partial charge in [0.2, 0.25) is 5.78 Å². The van der Waals surface area contributed by atoms with Crippen molar-refractivity contribution in [3.63, 3.8) is 0 Å². The van der Waals surface area contributed by atoms with Crippen molar-refractivity contribution in [2.75, 3.05) is 6.61 Å². The number of rotatable bonds is 5. The Balaban J connectivity index is 2.07. The van der Waals surface area contributed by atoms with Crippen molar-refractivity contribution in [3.8, 4) is 5.75 Å². The normalized spacial score (nSPS) is 10.8. The fourth-order valence-corrected chi connectivity index (χ4v) is 3.15. The molecule has 19 heavy (non-hydrogen) atoms. The van der Waals surface area contributed by atoms with E-state index < -0.39 is 0 Å². The van der Waals surface area contributed by atoms with E-state index in [9.17, 15) is 4.79 Å². The van der Waals surface area contributed by atoms with Gasteiger partial charge in [0.25, 0.3) is 0 Å². The average molecular weight is 337 g/mol. The monoisotopic (exact) mass is 336 g/mol. The summed E-state index contributed by atoms with van der Waals surface area (Å²) in [5, 5.41) is 1.88. The Labute approximate surface area is 124 Å². The summed E-state index contributed by atoms with van der Waals surface area (Å²) in [6.07, 6.45) is 3.90. The SMILES string of the molecule is CC=Cc1ccccc1OCC(=O)c1sccc1Br. The predicted molar refractivity (Wildman–Crippen MR) is 83.0 cm³/mol. The smallest absolute Gasteiger partial charge is 0.211 e. The van der Waals surface area contributed by atoms with Crippen molar-refractivity contribution >= 4 is 39.1 Å². The molecule has 0 spiro atoms. The van der Waals surface area contributed by atoms with Crippen LogP contribution in [0.2, 0.25) is 0 Å². The summed E-state index contributed by atoms with van der Waals surface area (Å²) in [5.74, 6) is 0.707. The lowest BCUT2D eigenvalue weighted by molar-refractivity contribution is 0.0925. The molecular formula is C15H13BrO2S. The van der Waals surface area contributed by atoms with Crippen molar-refractivity contribution in [3.05, 3.63) is 56.7 Å². The summed E-state index contributed by atoms with van der Waals surface area (Å²) >= 11 is 4.77. The number of ketones is 1. The van der Waals surface area contributed by atoms with Gasteiger partial charge >= 0.3 is 0 Å². The Bertz CT molecular complexity index is 602. The fourth-order valence-electron chi connectivity index (χ4n) is 1.63. The van der Waals surface area contributed by atoms with Gasteiger partial charge in [-0.3, -0.25) is 4.79 Å². The minimum absolute atomic E-state index is 0.0165. The number of Topliss-reactive ketones (excluding diaryl/α,β-unsaturated/α-hetero) is 1. The van der Waals surface area contributed by atoms with Crippen LogP contribution in [-0.4, -0.2) is 12.4 Å². The summed E-state index contributed by atoms with van der Waals surface area (Å²) < 4.78 is 6.44. The van der Waals surface area contributed by atoms with Gasteiger partial charge in [0.1, 0.15) is 5.75 Å². The molecule has 0 aliphatic rings. The third-order valence-electron chi connectivity index (χ3n) is 2.49. The minimum atomic E-state index is -0.0165. The largest absolute Gasteiger partial charge is 0.485 e. The molecule has 0 fully saturated rings. The molecule has 2 aromatic rings. The molecule has 4 heteroatoms. The van der Waals surface area contributed by atoms with Gasteiger partial charge in [-0.25, -0.2) is 0 Å². The third kappa shape index (κ3) is 3.55. The summed E-state index contributed by atoms with van der Waals surface area (Å²) in [6.45, 7) is 2.00. The first-order valence-electron chi connectivity index (χ1n) is 5.83. The maximum Gasteiger partial charge on any atom is 0.211 e. The number of allylic oxidation sites excluding steroid dienone is 1. The van der Waals surface area contributed by atoms with Gasteiger partial charge in [-0.05, 0) is 40.4 Å². The molecule has 0 N–H and O–H groups in total. The quantitative estimate of drug-likeness (QED) is 0.732. The van der Waals surface area contributed by atoms with Crippen LogP contribution < -0.4 is 4.74 Å². The summed E-state index contributed by atoms with van der Waals surface area (Å²) in [4.78, 5) is 12.7. The van der Waals surface area contributed by atoms with E-state index >= 15 is 0 Å². The number of ether oxygens (including phenoxy) is 1. The van der Waals surface area contributed by atoms with Crippen molar-refractivity contribution < 1.29 is 9.53 Å². The number of thiophene rings is 1. The minimum Gasteiger partial charge on any atom is -0.485 e. The zero-order valence-electron chi connectivity index (χ0n) is 10.4. The Hall–Kier alpha value is -1.39. The average Bonchev–Trinajstić information content (AvgIpc) is 2.84. The third-order valence-corrected chi connectivity index (χ3v) is 4.37. The highest BCUT2D eigenvalue weighted by Gasteiger charge is 2.12. The molecule has 0 bridgehead atoms. The van der Waals surface area contributed by atoms with Gasteiger partial charge in [-0.1, -0.05) is 30.4 Å². The van der Waals surface area contributed by atoms with Crippen molar-refractivity contribution in [1.82, 2.24) is 0 Å². The molecule has 0 saturated heterocycles. The van der Waals surface area contributed by atoms with E-state index in [0.717, 1.165) is 15.8 Å². The highest BCUT2D eigenvalue weighted by molar-refractivity contribution is 9.10. The summed E-state index contributed by atoms with van der Waals surface area (Å²) in [7, 11) is 0. The molecule has 2 rings (SSSR count). The van der Waals surface area contributed by atoms with Crippen LogP contribution >= 0.6 is 27.3 Å². The van der Waals surface area contributed by atoms with E-state index in [1.165, 1.54) is 11.3 Å². The zero-order valence-corrected chi connectivity index (χ0v) is 12.8. The maximum atomic E-state index is 12.0. The van der Waals surface area contributed by atoms with Crippen molar-refractivity contribution in [2.45, 2.75) is 6.92 Å². The van der Waals surface area contributed by atoms with E-state index in [1.54, 1.807) is 0 Å². The number of halogens is 1. The van der Waals surface area contributed by atoms with Crippen LogP contribution in [0.3, 0.4) is 0 Å². The predicted octanol–water partition coefficient (Wildman–Crippen LogP) is 4.81. The molecule has 0 amide bonds. The van der Waals surface area contributed by atoms with Crippen LogP contribution in [-0.2, 0) is 0 Å². The number of benzene rings is 1. The first-order valence-corrected chi connectivity index (χ1v) is 7.50. The van der Waals surface area contributed by atoms with E-state index in [2.05, 4.69) is 15.9 Å². The molecule has 0 aliphatic heterocycles. The van der Waals surface area contributed by atoms with E-state index in [4.69, 9.17) is 4.74 Å². The Morgan fingerprint density at radius 1 is 1.37 bits per heavy atom. The second-order valence-corrected chi connectivity index (χ2v) is 5.62. The van der Waals surface area contributed by atoms with Crippen LogP contribution in [0.25, 0.3) is 6.08 Å². The summed E-state index contributed by atoms with van der Waals surface area (Å²) in [5.41, 5.74) is 0.975. The number of carbonyl (C=O) groups excluding carboxylic acids is 1. The Morgan fingerprint density at radius 3 is 2.84 bits per heavy atom. The second kappa shape index (κ2) is 6.68. The lowest BCUT2D eigenvalue weighted by Crippen LogP contribution is -2.11. The first kappa shape index (κ1) is 14.0. The molecule has 1 aromatic heterocycles. The molecule has 0 unspecified atom stereocenters.